The van der Waals surface area contributed by atoms with Crippen LogP contribution in [-0.2, 0) is 0 Å². The Kier molecular flexibility index (Phi) is 9.85. The third-order valence-electron chi connectivity index (χ3n) is 3.60. The van der Waals surface area contributed by atoms with Gasteiger partial charge >= 0.3 is 0 Å². The van der Waals surface area contributed by atoms with Crippen molar-refractivity contribution in [1.82, 2.24) is 15.1 Å². The molecule has 19 heavy (non-hydrogen) atoms. The lowest BCUT2D eigenvalue weighted by Crippen LogP contribution is -2.38. The number of nitrogens with one attached hydrogen (secondary N) is 1. The molecule has 0 amide bonds. The Morgan fingerprint density at radius 3 is 2.26 bits per heavy atom. The Balaban J connectivity index is 3.90. The minimum absolute atomic E-state index is 0.362. The molecule has 0 spiro atoms. The Hall–Kier alpha value is -0.630. The molecule has 0 saturated carbocycles. The van der Waals surface area contributed by atoms with Crippen molar-refractivity contribution in [2.24, 2.45) is 0 Å². The van der Waals surface area contributed by atoms with Gasteiger partial charge in [-0.05, 0) is 66.8 Å². The highest BCUT2D eigenvalue weighted by Gasteiger charge is 2.20. The molecule has 0 aliphatic carbocycles. The summed E-state index contributed by atoms with van der Waals surface area (Å²) in [4.78, 5) is 4.76. The van der Waals surface area contributed by atoms with E-state index < -0.39 is 0 Å². The molecule has 0 bridgehead atoms. The number of rotatable bonds is 11. The highest BCUT2D eigenvalue weighted by atomic mass is 15.2. The van der Waals surface area contributed by atoms with Crippen LogP contribution in [0.2, 0.25) is 0 Å². The topological polar surface area (TPSA) is 42.3 Å². The van der Waals surface area contributed by atoms with Crippen LogP contribution in [-0.4, -0.2) is 62.7 Å². The average Bonchev–Trinajstić information content (AvgIpc) is 2.40. The molecule has 1 atom stereocenters. The van der Waals surface area contributed by atoms with E-state index in [1.54, 1.807) is 0 Å². The molecule has 4 nitrogen and oxygen atoms in total. The van der Waals surface area contributed by atoms with Crippen LogP contribution in [0, 0.1) is 11.3 Å². The Labute approximate surface area is 119 Å². The number of hydrogen-bond acceptors (Lipinski definition) is 4. The van der Waals surface area contributed by atoms with Crippen molar-refractivity contribution >= 4 is 0 Å². The molecule has 4 heteroatoms. The minimum atomic E-state index is -0.362. The molecular weight excluding hydrogens is 236 g/mol. The van der Waals surface area contributed by atoms with Gasteiger partial charge in [0, 0.05) is 13.1 Å². The summed E-state index contributed by atoms with van der Waals surface area (Å²) in [5.74, 6) is 0. The summed E-state index contributed by atoms with van der Waals surface area (Å²) in [7, 11) is 6.11. The van der Waals surface area contributed by atoms with Crippen molar-refractivity contribution in [1.29, 1.82) is 5.26 Å². The molecule has 0 aliphatic rings. The number of hydrogen-bond donors (Lipinski definition) is 1. The predicted octanol–water partition coefficient (Wildman–Crippen LogP) is 1.93. The number of unbranched alkanes of at least 4 members (excludes halogenated alkanes) is 1. The van der Waals surface area contributed by atoms with E-state index in [1.807, 2.05) is 14.0 Å². The highest BCUT2D eigenvalue weighted by molar-refractivity contribution is 5.02. The van der Waals surface area contributed by atoms with Crippen LogP contribution < -0.4 is 5.32 Å². The first-order valence-electron chi connectivity index (χ1n) is 7.44. The third kappa shape index (κ3) is 8.99. The monoisotopic (exact) mass is 268 g/mol. The second kappa shape index (κ2) is 10.2. The zero-order chi connectivity index (χ0) is 14.7. The molecule has 0 aromatic carbocycles. The van der Waals surface area contributed by atoms with Crippen LogP contribution in [0.5, 0.6) is 0 Å². The van der Waals surface area contributed by atoms with Gasteiger partial charge in [-0.15, -0.1) is 0 Å². The highest BCUT2D eigenvalue weighted by Crippen LogP contribution is 2.12. The molecule has 1 N–H and O–H groups in total. The van der Waals surface area contributed by atoms with Crippen LogP contribution in [0.1, 0.15) is 39.5 Å². The van der Waals surface area contributed by atoms with Crippen LogP contribution in [0.3, 0.4) is 0 Å². The molecule has 0 radical (unpaired) electrons. The lowest BCUT2D eigenvalue weighted by atomic mass is 9.97. The van der Waals surface area contributed by atoms with Gasteiger partial charge in [0.05, 0.1) is 6.07 Å². The standard InChI is InChI=1S/C15H32N4/c1-6-10-19(13-12-18(4)5)11-8-7-9-15(2,14-16)17-3/h17H,6-13H2,1-5H3. The van der Waals surface area contributed by atoms with Gasteiger partial charge in [-0.3, -0.25) is 0 Å². The maximum absolute atomic E-state index is 9.09. The summed E-state index contributed by atoms with van der Waals surface area (Å²) >= 11 is 0. The van der Waals surface area contributed by atoms with Crippen molar-refractivity contribution in [2.75, 3.05) is 47.3 Å². The van der Waals surface area contributed by atoms with E-state index in [4.69, 9.17) is 5.26 Å². The van der Waals surface area contributed by atoms with Gasteiger partial charge in [0.25, 0.3) is 0 Å². The zero-order valence-electron chi connectivity index (χ0n) is 13.5. The molecule has 0 rings (SSSR count). The van der Waals surface area contributed by atoms with Gasteiger partial charge in [0.15, 0.2) is 0 Å². The van der Waals surface area contributed by atoms with Crippen molar-refractivity contribution < 1.29 is 0 Å². The van der Waals surface area contributed by atoms with Crippen LogP contribution in [0.15, 0.2) is 0 Å². The summed E-state index contributed by atoms with van der Waals surface area (Å²) in [5.41, 5.74) is -0.362. The number of nitriles is 1. The molecule has 1 unspecified atom stereocenters. The van der Waals surface area contributed by atoms with E-state index in [2.05, 4.69) is 42.2 Å². The molecule has 0 saturated heterocycles. The first-order valence-corrected chi connectivity index (χ1v) is 7.44. The molecule has 0 fully saturated rings. The summed E-state index contributed by atoms with van der Waals surface area (Å²) in [6.07, 6.45) is 4.41. The van der Waals surface area contributed by atoms with E-state index in [1.165, 1.54) is 19.4 Å². The SMILES string of the molecule is CCCN(CCCCC(C)(C#N)NC)CCN(C)C. The van der Waals surface area contributed by atoms with Gasteiger partial charge in [-0.2, -0.15) is 5.26 Å². The van der Waals surface area contributed by atoms with Crippen molar-refractivity contribution in [3.63, 3.8) is 0 Å². The molecule has 0 aliphatic heterocycles. The van der Waals surface area contributed by atoms with E-state index in [0.29, 0.717) is 0 Å². The summed E-state index contributed by atoms with van der Waals surface area (Å²) < 4.78 is 0. The molecule has 0 heterocycles. The average molecular weight is 268 g/mol. The fourth-order valence-corrected chi connectivity index (χ4v) is 2.04. The normalized spacial score (nSPS) is 14.6. The summed E-state index contributed by atoms with van der Waals surface area (Å²) in [6, 6.07) is 2.35. The first kappa shape index (κ1) is 18.4. The summed E-state index contributed by atoms with van der Waals surface area (Å²) in [5, 5.41) is 12.2. The maximum Gasteiger partial charge on any atom is 0.103 e. The van der Waals surface area contributed by atoms with Crippen LogP contribution in [0.4, 0.5) is 0 Å². The Morgan fingerprint density at radius 1 is 1.11 bits per heavy atom. The smallest absolute Gasteiger partial charge is 0.103 e. The van der Waals surface area contributed by atoms with Crippen molar-refractivity contribution in [3.05, 3.63) is 0 Å². The lowest BCUT2D eigenvalue weighted by Gasteiger charge is -2.25. The minimum Gasteiger partial charge on any atom is -0.308 e. The quantitative estimate of drug-likeness (QED) is 0.582. The van der Waals surface area contributed by atoms with Crippen LogP contribution >= 0.6 is 0 Å². The fraction of sp³-hybridized carbons (Fsp3) is 0.933. The number of nitrogens with zero attached hydrogens (tertiary/aromatic N) is 3. The fourth-order valence-electron chi connectivity index (χ4n) is 2.04. The van der Waals surface area contributed by atoms with Gasteiger partial charge in [0.2, 0.25) is 0 Å². The maximum atomic E-state index is 9.09. The zero-order valence-corrected chi connectivity index (χ0v) is 13.5. The Bertz CT molecular complexity index is 259. The van der Waals surface area contributed by atoms with Crippen molar-refractivity contribution in [2.45, 2.75) is 45.1 Å². The molecule has 112 valence electrons. The van der Waals surface area contributed by atoms with Gasteiger partial charge in [-0.1, -0.05) is 6.92 Å². The van der Waals surface area contributed by atoms with Crippen LogP contribution in [0.25, 0.3) is 0 Å². The van der Waals surface area contributed by atoms with E-state index in [0.717, 1.165) is 32.5 Å². The number of likely N-dealkylation sites (N-methyl/N-ethyl adjacent to an activating group) is 1. The molecular formula is C15H32N4. The summed E-state index contributed by atoms with van der Waals surface area (Å²) in [6.45, 7) is 8.79. The van der Waals surface area contributed by atoms with E-state index >= 15 is 0 Å². The first-order chi connectivity index (χ1) is 8.97. The second-order valence-electron chi connectivity index (χ2n) is 5.80. The van der Waals surface area contributed by atoms with Gasteiger partial charge in [-0.25, -0.2) is 0 Å². The van der Waals surface area contributed by atoms with E-state index in [-0.39, 0.29) is 5.54 Å². The van der Waals surface area contributed by atoms with Gasteiger partial charge in [0.1, 0.15) is 5.54 Å². The predicted molar refractivity (Wildman–Crippen MR) is 82.2 cm³/mol. The molecule has 0 aromatic rings. The molecule has 0 aromatic heterocycles. The van der Waals surface area contributed by atoms with Gasteiger partial charge < -0.3 is 15.1 Å². The van der Waals surface area contributed by atoms with E-state index in [9.17, 15) is 0 Å². The van der Waals surface area contributed by atoms with Crippen molar-refractivity contribution in [3.8, 4) is 6.07 Å². The largest absolute Gasteiger partial charge is 0.308 e. The second-order valence-corrected chi connectivity index (χ2v) is 5.80. The third-order valence-corrected chi connectivity index (χ3v) is 3.60. The lowest BCUT2D eigenvalue weighted by molar-refractivity contribution is 0.234. The Morgan fingerprint density at radius 2 is 1.79 bits per heavy atom.